The fourth-order valence-corrected chi connectivity index (χ4v) is 3.66. The van der Waals surface area contributed by atoms with Gasteiger partial charge in [-0.05, 0) is 46.3 Å². The highest BCUT2D eigenvalue weighted by molar-refractivity contribution is 9.11. The van der Waals surface area contributed by atoms with Crippen LogP contribution in [0.25, 0.3) is 10.6 Å². The molecule has 0 fully saturated rings. The number of halogens is 3. The van der Waals surface area contributed by atoms with Gasteiger partial charge in [-0.25, -0.2) is 5.43 Å². The molecule has 2 heterocycles. The number of thiophene rings is 1. The molecule has 5 nitrogen and oxygen atoms in total. The van der Waals surface area contributed by atoms with E-state index in [0.29, 0.717) is 15.6 Å². The Morgan fingerprint density at radius 1 is 1.29 bits per heavy atom. The van der Waals surface area contributed by atoms with Gasteiger partial charge in [-0.1, -0.05) is 29.3 Å². The molecule has 0 aliphatic rings. The molecule has 0 saturated carbocycles. The van der Waals surface area contributed by atoms with Crippen molar-refractivity contribution in [3.05, 3.63) is 61.5 Å². The Labute approximate surface area is 159 Å². The zero-order chi connectivity index (χ0) is 17.1. The van der Waals surface area contributed by atoms with Gasteiger partial charge in [-0.15, -0.1) is 11.3 Å². The molecule has 0 atom stereocenters. The second kappa shape index (κ2) is 7.48. The van der Waals surface area contributed by atoms with Crippen LogP contribution in [-0.2, 0) is 0 Å². The molecule has 0 aliphatic heterocycles. The van der Waals surface area contributed by atoms with Crippen LogP contribution < -0.4 is 5.43 Å². The summed E-state index contributed by atoms with van der Waals surface area (Å²) in [5.74, 6) is -0.422. The monoisotopic (exact) mass is 442 g/mol. The van der Waals surface area contributed by atoms with Crippen LogP contribution in [0.2, 0.25) is 10.0 Å². The highest BCUT2D eigenvalue weighted by Gasteiger charge is 2.12. The minimum Gasteiger partial charge on any atom is -0.276 e. The number of carbonyl (C=O) groups excluding carboxylic acids is 1. The number of nitrogens with one attached hydrogen (secondary N) is 2. The van der Waals surface area contributed by atoms with Crippen molar-refractivity contribution in [2.45, 2.75) is 0 Å². The van der Waals surface area contributed by atoms with Crippen molar-refractivity contribution in [3.8, 4) is 10.6 Å². The number of hydrogen-bond donors (Lipinski definition) is 2. The maximum atomic E-state index is 12.1. The minimum absolute atomic E-state index is 0.244. The van der Waals surface area contributed by atoms with Crippen molar-refractivity contribution in [2.75, 3.05) is 0 Å². The summed E-state index contributed by atoms with van der Waals surface area (Å²) < 4.78 is 1.00. The van der Waals surface area contributed by atoms with E-state index in [0.717, 1.165) is 14.4 Å². The summed E-state index contributed by atoms with van der Waals surface area (Å²) >= 11 is 16.8. The Hall–Kier alpha value is -1.67. The third kappa shape index (κ3) is 4.05. The number of nitrogens with zero attached hydrogens (tertiary/aromatic N) is 2. The summed E-state index contributed by atoms with van der Waals surface area (Å²) in [4.78, 5) is 13.0. The third-order valence-corrected chi connectivity index (χ3v) is 5.20. The Morgan fingerprint density at radius 2 is 2.12 bits per heavy atom. The Kier molecular flexibility index (Phi) is 5.35. The maximum absolute atomic E-state index is 12.1. The van der Waals surface area contributed by atoms with Crippen molar-refractivity contribution < 1.29 is 4.79 Å². The molecule has 0 aliphatic carbocycles. The van der Waals surface area contributed by atoms with Crippen LogP contribution >= 0.6 is 50.5 Å². The smallest absolute Gasteiger partial charge is 0.276 e. The van der Waals surface area contributed by atoms with Crippen LogP contribution in [0.5, 0.6) is 0 Å². The summed E-state index contributed by atoms with van der Waals surface area (Å²) in [5, 5.41) is 11.7. The number of aromatic nitrogens is 2. The van der Waals surface area contributed by atoms with Crippen molar-refractivity contribution in [1.29, 1.82) is 0 Å². The van der Waals surface area contributed by atoms with Crippen molar-refractivity contribution in [3.63, 3.8) is 0 Å². The van der Waals surface area contributed by atoms with Gasteiger partial charge in [-0.2, -0.15) is 10.2 Å². The van der Waals surface area contributed by atoms with Crippen LogP contribution in [-0.4, -0.2) is 22.3 Å². The van der Waals surface area contributed by atoms with Gasteiger partial charge < -0.3 is 0 Å². The lowest BCUT2D eigenvalue weighted by Crippen LogP contribution is -2.18. The lowest BCUT2D eigenvalue weighted by atomic mass is 10.2. The molecule has 1 aromatic carbocycles. The fraction of sp³-hybridized carbons (Fsp3) is 0. The summed E-state index contributed by atoms with van der Waals surface area (Å²) in [7, 11) is 0. The lowest BCUT2D eigenvalue weighted by Gasteiger charge is -1.98. The molecule has 0 saturated heterocycles. The lowest BCUT2D eigenvalue weighted by molar-refractivity contribution is 0.0950. The SMILES string of the molecule is O=C(N/N=C\c1ccc(Cl)cc1Cl)c1cc(-c2ccc(Br)s2)[nH]n1. The zero-order valence-electron chi connectivity index (χ0n) is 11.9. The van der Waals surface area contributed by atoms with Crippen molar-refractivity contribution >= 4 is 62.6 Å². The largest absolute Gasteiger partial charge is 0.291 e. The van der Waals surface area contributed by atoms with Crippen LogP contribution in [0.3, 0.4) is 0 Å². The Balaban J connectivity index is 1.67. The topological polar surface area (TPSA) is 70.1 Å². The van der Waals surface area contributed by atoms with Gasteiger partial charge in [0.15, 0.2) is 5.69 Å². The molecule has 0 unspecified atom stereocenters. The summed E-state index contributed by atoms with van der Waals surface area (Å²) in [6, 6.07) is 10.5. The van der Waals surface area contributed by atoms with E-state index in [9.17, 15) is 4.79 Å². The summed E-state index contributed by atoms with van der Waals surface area (Å²) in [6.07, 6.45) is 1.44. The van der Waals surface area contributed by atoms with E-state index in [1.165, 1.54) is 6.21 Å². The highest BCUT2D eigenvalue weighted by Crippen LogP contribution is 2.30. The average Bonchev–Trinajstić information content (AvgIpc) is 3.18. The second-order valence-electron chi connectivity index (χ2n) is 4.64. The van der Waals surface area contributed by atoms with E-state index in [2.05, 4.69) is 36.7 Å². The van der Waals surface area contributed by atoms with Gasteiger partial charge in [-0.3, -0.25) is 9.89 Å². The first-order valence-electron chi connectivity index (χ1n) is 6.62. The normalized spacial score (nSPS) is 11.1. The molecule has 122 valence electrons. The quantitative estimate of drug-likeness (QED) is 0.441. The summed E-state index contributed by atoms with van der Waals surface area (Å²) in [6.45, 7) is 0. The first-order chi connectivity index (χ1) is 11.5. The van der Waals surface area contributed by atoms with E-state index >= 15 is 0 Å². The van der Waals surface area contributed by atoms with Crippen molar-refractivity contribution in [2.24, 2.45) is 5.10 Å². The predicted molar refractivity (Wildman–Crippen MR) is 101 cm³/mol. The number of rotatable bonds is 4. The number of hydrogen-bond acceptors (Lipinski definition) is 4. The van der Waals surface area contributed by atoms with Gasteiger partial charge in [0.25, 0.3) is 5.91 Å². The van der Waals surface area contributed by atoms with E-state index in [4.69, 9.17) is 23.2 Å². The number of benzene rings is 1. The van der Waals surface area contributed by atoms with Gasteiger partial charge in [0.05, 0.1) is 25.6 Å². The van der Waals surface area contributed by atoms with Gasteiger partial charge in [0, 0.05) is 10.6 Å². The minimum atomic E-state index is -0.422. The first kappa shape index (κ1) is 17.2. The van der Waals surface area contributed by atoms with Gasteiger partial charge >= 0.3 is 0 Å². The molecular formula is C15H9BrCl2N4OS. The zero-order valence-corrected chi connectivity index (χ0v) is 15.8. The molecule has 3 aromatic rings. The van der Waals surface area contributed by atoms with Gasteiger partial charge in [0.2, 0.25) is 0 Å². The van der Waals surface area contributed by atoms with Crippen LogP contribution in [0.4, 0.5) is 0 Å². The van der Waals surface area contributed by atoms with Crippen LogP contribution in [0, 0.1) is 0 Å². The molecule has 2 N–H and O–H groups in total. The van der Waals surface area contributed by atoms with E-state index in [-0.39, 0.29) is 5.69 Å². The fourth-order valence-electron chi connectivity index (χ4n) is 1.85. The molecular weight excluding hydrogens is 435 g/mol. The molecule has 0 radical (unpaired) electrons. The molecule has 0 bridgehead atoms. The molecule has 3 rings (SSSR count). The molecule has 0 spiro atoms. The van der Waals surface area contributed by atoms with Crippen LogP contribution in [0.15, 0.2) is 45.3 Å². The molecule has 1 amide bonds. The maximum Gasteiger partial charge on any atom is 0.291 e. The van der Waals surface area contributed by atoms with E-state index < -0.39 is 5.91 Å². The number of amides is 1. The standard InChI is InChI=1S/C15H9BrCl2N4OS/c16-14-4-3-13(24-14)11-6-12(21-20-11)15(23)22-19-7-8-1-2-9(17)5-10(8)18/h1-7H,(H,20,21)(H,22,23)/b19-7-. The average molecular weight is 444 g/mol. The van der Waals surface area contributed by atoms with Crippen LogP contribution in [0.1, 0.15) is 16.1 Å². The predicted octanol–water partition coefficient (Wildman–Crippen LogP) is 4.97. The van der Waals surface area contributed by atoms with Crippen molar-refractivity contribution in [1.82, 2.24) is 15.6 Å². The Bertz CT molecular complexity index is 922. The number of hydrazone groups is 1. The summed E-state index contributed by atoms with van der Waals surface area (Å²) in [5.41, 5.74) is 4.06. The molecule has 9 heteroatoms. The first-order valence-corrected chi connectivity index (χ1v) is 8.99. The van der Waals surface area contributed by atoms with E-state index in [1.807, 2.05) is 12.1 Å². The molecule has 2 aromatic heterocycles. The van der Waals surface area contributed by atoms with E-state index in [1.54, 1.807) is 35.6 Å². The van der Waals surface area contributed by atoms with Gasteiger partial charge in [0.1, 0.15) is 0 Å². The number of H-pyrrole nitrogens is 1. The molecule has 24 heavy (non-hydrogen) atoms. The highest BCUT2D eigenvalue weighted by atomic mass is 79.9. The second-order valence-corrected chi connectivity index (χ2v) is 7.94. The number of carbonyl (C=O) groups is 1. The third-order valence-electron chi connectivity index (χ3n) is 2.98. The number of aromatic amines is 1. The Morgan fingerprint density at radius 3 is 2.83 bits per heavy atom.